The second-order valence-electron chi connectivity index (χ2n) is 6.88. The molecule has 27 heavy (non-hydrogen) atoms. The highest BCUT2D eigenvalue weighted by atomic mass is 16.5. The van der Waals surface area contributed by atoms with E-state index in [-0.39, 0.29) is 0 Å². The van der Waals surface area contributed by atoms with Crippen LogP contribution in [-0.2, 0) is 22.3 Å². The summed E-state index contributed by atoms with van der Waals surface area (Å²) in [6.07, 6.45) is 8.22. The first-order valence-corrected chi connectivity index (χ1v) is 9.40. The summed E-state index contributed by atoms with van der Waals surface area (Å²) in [6.45, 7) is 5.76. The van der Waals surface area contributed by atoms with E-state index in [1.54, 1.807) is 14.2 Å². The van der Waals surface area contributed by atoms with E-state index >= 15 is 0 Å². The molecule has 0 bridgehead atoms. The van der Waals surface area contributed by atoms with Crippen LogP contribution in [0.1, 0.15) is 22.3 Å². The number of aryl methyl sites for hydroxylation is 2. The predicted molar refractivity (Wildman–Crippen MR) is 108 cm³/mol. The lowest BCUT2D eigenvalue weighted by atomic mass is 10.1. The number of nitrogens with zero attached hydrogens (tertiary/aromatic N) is 2. The van der Waals surface area contributed by atoms with Crippen molar-refractivity contribution in [2.45, 2.75) is 26.7 Å². The van der Waals surface area contributed by atoms with Gasteiger partial charge in [-0.05, 0) is 37.8 Å². The molecule has 3 aromatic rings. The van der Waals surface area contributed by atoms with Gasteiger partial charge < -0.3 is 9.47 Å². The lowest BCUT2D eigenvalue weighted by Crippen LogP contribution is -2.31. The minimum atomic E-state index is 0.719. The number of aromatic nitrogens is 2. The van der Waals surface area contributed by atoms with Gasteiger partial charge in [-0.3, -0.25) is 0 Å². The molecule has 0 unspecified atom stereocenters. The summed E-state index contributed by atoms with van der Waals surface area (Å²) in [7, 11) is 3.50. The molecule has 0 saturated carbocycles. The van der Waals surface area contributed by atoms with Crippen molar-refractivity contribution >= 4 is 0 Å². The van der Waals surface area contributed by atoms with Gasteiger partial charge in [-0.2, -0.15) is 0 Å². The van der Waals surface area contributed by atoms with Crippen LogP contribution in [0.4, 0.5) is 0 Å². The SMILES string of the molecule is COCCc1cccc(C)c1-n1cc[n+](-c2c(C)cccc2CCOC)c1. The van der Waals surface area contributed by atoms with Gasteiger partial charge >= 0.3 is 0 Å². The number of methoxy groups -OCH3 is 2. The van der Waals surface area contributed by atoms with E-state index < -0.39 is 0 Å². The number of hydrogen-bond acceptors (Lipinski definition) is 2. The zero-order valence-electron chi connectivity index (χ0n) is 16.7. The Hall–Kier alpha value is -2.43. The molecule has 0 radical (unpaired) electrons. The predicted octanol–water partition coefficient (Wildman–Crippen LogP) is 3.75. The third-order valence-corrected chi connectivity index (χ3v) is 4.95. The highest BCUT2D eigenvalue weighted by Gasteiger charge is 2.18. The third kappa shape index (κ3) is 4.29. The first-order chi connectivity index (χ1) is 13.2. The standard InChI is InChI=1S/C23H29N2O2/c1-18-7-5-9-20(11-15-26-3)22(18)24-13-14-25(17-24)23-19(2)8-6-10-21(23)12-16-27-4/h5-10,13-14,17H,11-12,15-16H2,1-4H3/q+1. The lowest BCUT2D eigenvalue weighted by Gasteiger charge is -2.10. The molecular weight excluding hydrogens is 336 g/mol. The molecule has 0 spiro atoms. The van der Waals surface area contributed by atoms with Gasteiger partial charge in [0.2, 0.25) is 0 Å². The van der Waals surface area contributed by atoms with Crippen LogP contribution in [0.25, 0.3) is 11.4 Å². The molecule has 0 aliphatic rings. The lowest BCUT2D eigenvalue weighted by molar-refractivity contribution is -0.595. The van der Waals surface area contributed by atoms with Crippen LogP contribution < -0.4 is 4.57 Å². The Morgan fingerprint density at radius 2 is 1.48 bits per heavy atom. The number of imidazole rings is 1. The third-order valence-electron chi connectivity index (χ3n) is 4.95. The monoisotopic (exact) mass is 365 g/mol. The van der Waals surface area contributed by atoms with E-state index in [0.29, 0.717) is 0 Å². The topological polar surface area (TPSA) is 27.3 Å². The van der Waals surface area contributed by atoms with Gasteiger partial charge in [-0.15, -0.1) is 0 Å². The van der Waals surface area contributed by atoms with Crippen LogP contribution in [-0.4, -0.2) is 32.0 Å². The number of ether oxygens (including phenoxy) is 2. The second kappa shape index (κ2) is 8.98. The van der Waals surface area contributed by atoms with Crippen molar-refractivity contribution in [3.63, 3.8) is 0 Å². The largest absolute Gasteiger partial charge is 0.384 e. The molecule has 0 atom stereocenters. The Morgan fingerprint density at radius 3 is 2.19 bits per heavy atom. The highest BCUT2D eigenvalue weighted by Crippen LogP contribution is 2.21. The number of rotatable bonds is 8. The Labute approximate surface area is 162 Å². The van der Waals surface area contributed by atoms with Crippen LogP contribution in [0, 0.1) is 13.8 Å². The quantitative estimate of drug-likeness (QED) is 0.569. The van der Waals surface area contributed by atoms with E-state index in [1.165, 1.54) is 33.6 Å². The number of para-hydroxylation sites is 2. The molecule has 0 aliphatic carbocycles. The van der Waals surface area contributed by atoms with Crippen molar-refractivity contribution in [1.82, 2.24) is 4.57 Å². The summed E-state index contributed by atoms with van der Waals surface area (Å²) in [5, 5.41) is 0. The van der Waals surface area contributed by atoms with Gasteiger partial charge in [0.1, 0.15) is 23.8 Å². The Morgan fingerprint density at radius 1 is 0.852 bits per heavy atom. The molecule has 0 fully saturated rings. The van der Waals surface area contributed by atoms with Gasteiger partial charge in [0.05, 0.1) is 13.2 Å². The molecule has 4 heteroatoms. The smallest absolute Gasteiger partial charge is 0.254 e. The molecule has 0 amide bonds. The maximum absolute atomic E-state index is 5.29. The average Bonchev–Trinajstić information content (AvgIpc) is 3.13. The van der Waals surface area contributed by atoms with Crippen molar-refractivity contribution in [3.05, 3.63) is 77.4 Å². The summed E-state index contributed by atoms with van der Waals surface area (Å²) in [6, 6.07) is 12.9. The van der Waals surface area contributed by atoms with Crippen LogP contribution in [0.15, 0.2) is 55.1 Å². The second-order valence-corrected chi connectivity index (χ2v) is 6.88. The van der Waals surface area contributed by atoms with Crippen LogP contribution in [0.3, 0.4) is 0 Å². The molecule has 2 aromatic carbocycles. The molecule has 0 N–H and O–H groups in total. The summed E-state index contributed by atoms with van der Waals surface area (Å²) in [5.74, 6) is 0. The zero-order chi connectivity index (χ0) is 19.2. The van der Waals surface area contributed by atoms with Crippen molar-refractivity contribution in [2.75, 3.05) is 27.4 Å². The van der Waals surface area contributed by atoms with Crippen molar-refractivity contribution in [1.29, 1.82) is 0 Å². The van der Waals surface area contributed by atoms with Crippen molar-refractivity contribution < 1.29 is 14.0 Å². The molecule has 3 rings (SSSR count). The van der Waals surface area contributed by atoms with Crippen LogP contribution >= 0.6 is 0 Å². The zero-order valence-corrected chi connectivity index (χ0v) is 16.7. The molecule has 142 valence electrons. The normalized spacial score (nSPS) is 11.1. The van der Waals surface area contributed by atoms with Crippen LogP contribution in [0.5, 0.6) is 0 Å². The fourth-order valence-corrected chi connectivity index (χ4v) is 3.63. The Balaban J connectivity index is 2.02. The maximum Gasteiger partial charge on any atom is 0.254 e. The molecule has 1 heterocycles. The number of benzene rings is 2. The summed E-state index contributed by atoms with van der Waals surface area (Å²) in [5.41, 5.74) is 7.58. The van der Waals surface area contributed by atoms with Gasteiger partial charge in [-0.1, -0.05) is 36.4 Å². The fraction of sp³-hybridized carbons (Fsp3) is 0.348. The number of hydrogen-bond donors (Lipinski definition) is 0. The molecule has 1 aromatic heterocycles. The summed E-state index contributed by atoms with van der Waals surface area (Å²) < 4.78 is 15.0. The Bertz CT molecular complexity index is 827. The molecule has 0 aliphatic heterocycles. The van der Waals surface area contributed by atoms with E-state index in [0.717, 1.165) is 26.1 Å². The fourth-order valence-electron chi connectivity index (χ4n) is 3.63. The highest BCUT2D eigenvalue weighted by molar-refractivity contribution is 5.48. The minimum Gasteiger partial charge on any atom is -0.384 e. The van der Waals surface area contributed by atoms with E-state index in [4.69, 9.17) is 9.47 Å². The van der Waals surface area contributed by atoms with E-state index in [9.17, 15) is 0 Å². The average molecular weight is 365 g/mol. The van der Waals surface area contributed by atoms with E-state index in [1.807, 2.05) is 0 Å². The van der Waals surface area contributed by atoms with Gasteiger partial charge in [0.15, 0.2) is 0 Å². The van der Waals surface area contributed by atoms with Gasteiger partial charge in [-0.25, -0.2) is 9.13 Å². The maximum atomic E-state index is 5.29. The van der Waals surface area contributed by atoms with Gasteiger partial charge in [0.25, 0.3) is 6.33 Å². The minimum absolute atomic E-state index is 0.719. The first-order valence-electron chi connectivity index (χ1n) is 9.40. The first kappa shape index (κ1) is 19.3. The van der Waals surface area contributed by atoms with Crippen LogP contribution in [0.2, 0.25) is 0 Å². The van der Waals surface area contributed by atoms with E-state index in [2.05, 4.69) is 78.1 Å². The van der Waals surface area contributed by atoms with Crippen molar-refractivity contribution in [3.8, 4) is 11.4 Å². The van der Waals surface area contributed by atoms with Crippen molar-refractivity contribution in [2.24, 2.45) is 0 Å². The molecule has 0 saturated heterocycles. The Kier molecular flexibility index (Phi) is 6.43. The van der Waals surface area contributed by atoms with Gasteiger partial charge in [0, 0.05) is 25.3 Å². The molecule has 4 nitrogen and oxygen atoms in total. The molecular formula is C23H29N2O2+. The summed E-state index contributed by atoms with van der Waals surface area (Å²) in [4.78, 5) is 0. The summed E-state index contributed by atoms with van der Waals surface area (Å²) >= 11 is 0.